The number of hydrogen-bond acceptors (Lipinski definition) is 3. The first-order valence-corrected chi connectivity index (χ1v) is 5.07. The van der Waals surface area contributed by atoms with E-state index < -0.39 is 0 Å². The van der Waals surface area contributed by atoms with Crippen LogP contribution in [0.15, 0.2) is 12.1 Å². The monoisotopic (exact) mass is 225 g/mol. The van der Waals surface area contributed by atoms with Gasteiger partial charge in [0.25, 0.3) is 0 Å². The van der Waals surface area contributed by atoms with Gasteiger partial charge >= 0.3 is 0 Å². The third kappa shape index (κ3) is 1.80. The summed E-state index contributed by atoms with van der Waals surface area (Å²) in [4.78, 5) is 0. The molecule has 0 spiro atoms. The second kappa shape index (κ2) is 4.13. The summed E-state index contributed by atoms with van der Waals surface area (Å²) in [6, 6.07) is 1.91. The van der Waals surface area contributed by atoms with Crippen molar-refractivity contribution >= 4 is 17.7 Å². The lowest BCUT2D eigenvalue weighted by molar-refractivity contribution is 0.174. The molecule has 2 N–H and O–H groups in total. The van der Waals surface area contributed by atoms with E-state index in [4.69, 9.17) is 26.8 Å². The Hall–Kier alpha value is -1.19. The molecule has 1 aromatic rings. The molecule has 3 nitrogen and oxygen atoms in total. The van der Waals surface area contributed by atoms with E-state index in [1.54, 1.807) is 0 Å². The van der Waals surface area contributed by atoms with Crippen LogP contribution >= 0.6 is 11.6 Å². The Balaban J connectivity index is 2.49. The lowest BCUT2D eigenvalue weighted by atomic mass is 10.1. The summed E-state index contributed by atoms with van der Waals surface area (Å²) < 4.78 is 10.5. The van der Waals surface area contributed by atoms with E-state index >= 15 is 0 Å². The van der Waals surface area contributed by atoms with Gasteiger partial charge in [0, 0.05) is 6.54 Å². The molecular formula is C11H12ClNO2. The molecule has 0 saturated carbocycles. The van der Waals surface area contributed by atoms with Gasteiger partial charge in [-0.2, -0.15) is 0 Å². The Morgan fingerprint density at radius 3 is 3.07 bits per heavy atom. The molecule has 0 aromatic heterocycles. The van der Waals surface area contributed by atoms with Crippen LogP contribution in [0.2, 0.25) is 5.02 Å². The van der Waals surface area contributed by atoms with Crippen LogP contribution in [0.25, 0.3) is 6.08 Å². The van der Waals surface area contributed by atoms with Crippen molar-refractivity contribution in [1.82, 2.24) is 0 Å². The van der Waals surface area contributed by atoms with Gasteiger partial charge in [-0.3, -0.25) is 0 Å². The van der Waals surface area contributed by atoms with Gasteiger partial charge in [-0.05, 0) is 24.1 Å². The van der Waals surface area contributed by atoms with Gasteiger partial charge < -0.3 is 15.2 Å². The van der Waals surface area contributed by atoms with E-state index in [1.165, 1.54) is 0 Å². The number of fused-ring (bicyclic) bond motifs is 1. The predicted octanol–water partition coefficient (Wildman–Crippen LogP) is 2.35. The lowest BCUT2D eigenvalue weighted by Gasteiger charge is -2.06. The average molecular weight is 226 g/mol. The number of nitrogens with two attached hydrogens (primary N) is 1. The van der Waals surface area contributed by atoms with Gasteiger partial charge in [0.2, 0.25) is 6.79 Å². The summed E-state index contributed by atoms with van der Waals surface area (Å²) in [5, 5.41) is 0.613. The molecule has 4 heteroatoms. The fourth-order valence-electron chi connectivity index (χ4n) is 1.48. The predicted molar refractivity (Wildman–Crippen MR) is 60.4 cm³/mol. The van der Waals surface area contributed by atoms with E-state index in [0.29, 0.717) is 23.1 Å². The van der Waals surface area contributed by atoms with E-state index in [1.807, 2.05) is 25.1 Å². The maximum Gasteiger partial charge on any atom is 0.231 e. The molecule has 0 aliphatic carbocycles. The average Bonchev–Trinajstić information content (AvgIpc) is 2.69. The second-order valence-electron chi connectivity index (χ2n) is 3.28. The van der Waals surface area contributed by atoms with Crippen LogP contribution in [0.5, 0.6) is 11.5 Å². The standard InChI is InChI=1S/C11H12ClNO2/c1-7-8(3-2-4-13)5-9-11(10(7)12)15-6-14-9/h2-3,5H,4,6,13H2,1H3/b3-2+. The fourth-order valence-corrected chi connectivity index (χ4v) is 1.74. The summed E-state index contributed by atoms with van der Waals surface area (Å²) in [5.74, 6) is 1.33. The van der Waals surface area contributed by atoms with Crippen molar-refractivity contribution in [3.05, 3.63) is 28.3 Å². The molecule has 0 fully saturated rings. The molecule has 80 valence electrons. The summed E-state index contributed by atoms with van der Waals surface area (Å²) in [7, 11) is 0. The molecule has 2 rings (SSSR count). The molecule has 0 amide bonds. The molecule has 1 aliphatic heterocycles. The fraction of sp³-hybridized carbons (Fsp3) is 0.273. The highest BCUT2D eigenvalue weighted by Crippen LogP contribution is 2.42. The highest BCUT2D eigenvalue weighted by atomic mass is 35.5. The Morgan fingerprint density at radius 1 is 1.53 bits per heavy atom. The maximum absolute atomic E-state index is 6.15. The molecule has 0 saturated heterocycles. The van der Waals surface area contributed by atoms with E-state index in [9.17, 15) is 0 Å². The second-order valence-corrected chi connectivity index (χ2v) is 3.65. The van der Waals surface area contributed by atoms with Crippen LogP contribution in [-0.2, 0) is 0 Å². The normalized spacial score (nSPS) is 13.8. The van der Waals surface area contributed by atoms with Crippen LogP contribution in [-0.4, -0.2) is 13.3 Å². The Bertz CT molecular complexity index is 416. The molecule has 1 aliphatic rings. The van der Waals surface area contributed by atoms with Crippen molar-refractivity contribution in [2.24, 2.45) is 5.73 Å². The van der Waals surface area contributed by atoms with Gasteiger partial charge in [0.05, 0.1) is 5.02 Å². The van der Waals surface area contributed by atoms with Crippen LogP contribution < -0.4 is 15.2 Å². The Kier molecular flexibility index (Phi) is 2.84. The molecule has 0 radical (unpaired) electrons. The van der Waals surface area contributed by atoms with Gasteiger partial charge in [0.15, 0.2) is 11.5 Å². The summed E-state index contributed by atoms with van der Waals surface area (Å²) in [5.41, 5.74) is 7.39. The first kappa shape index (κ1) is 10.3. The summed E-state index contributed by atoms with van der Waals surface area (Å²) >= 11 is 6.15. The lowest BCUT2D eigenvalue weighted by Crippen LogP contribution is -1.93. The first-order chi connectivity index (χ1) is 7.24. The smallest absolute Gasteiger partial charge is 0.231 e. The maximum atomic E-state index is 6.15. The molecule has 1 aromatic carbocycles. The first-order valence-electron chi connectivity index (χ1n) is 4.69. The third-order valence-corrected chi connectivity index (χ3v) is 2.78. The highest BCUT2D eigenvalue weighted by Gasteiger charge is 2.20. The zero-order chi connectivity index (χ0) is 10.8. The topological polar surface area (TPSA) is 44.5 Å². The summed E-state index contributed by atoms with van der Waals surface area (Å²) in [6.07, 6.45) is 3.81. The highest BCUT2D eigenvalue weighted by molar-refractivity contribution is 6.33. The number of halogens is 1. The van der Waals surface area contributed by atoms with Gasteiger partial charge in [0.1, 0.15) is 0 Å². The zero-order valence-electron chi connectivity index (χ0n) is 8.42. The van der Waals surface area contributed by atoms with Crippen molar-refractivity contribution in [1.29, 1.82) is 0 Å². The SMILES string of the molecule is Cc1c(/C=C/CN)cc2c(c1Cl)OCO2. The minimum atomic E-state index is 0.235. The van der Waals surface area contributed by atoms with Crippen molar-refractivity contribution in [3.8, 4) is 11.5 Å². The van der Waals surface area contributed by atoms with Crippen LogP contribution in [0.4, 0.5) is 0 Å². The summed E-state index contributed by atoms with van der Waals surface area (Å²) in [6.45, 7) is 2.69. The van der Waals surface area contributed by atoms with Crippen LogP contribution in [0, 0.1) is 6.92 Å². The van der Waals surface area contributed by atoms with Gasteiger partial charge in [-0.25, -0.2) is 0 Å². The molecule has 0 atom stereocenters. The molecule has 1 heterocycles. The van der Waals surface area contributed by atoms with Crippen molar-refractivity contribution in [3.63, 3.8) is 0 Å². The zero-order valence-corrected chi connectivity index (χ0v) is 9.17. The minimum Gasteiger partial charge on any atom is -0.454 e. The van der Waals surface area contributed by atoms with Crippen LogP contribution in [0.1, 0.15) is 11.1 Å². The quantitative estimate of drug-likeness (QED) is 0.840. The molecule has 15 heavy (non-hydrogen) atoms. The van der Waals surface area contributed by atoms with Crippen LogP contribution in [0.3, 0.4) is 0 Å². The van der Waals surface area contributed by atoms with Gasteiger partial charge in [-0.1, -0.05) is 23.8 Å². The Morgan fingerprint density at radius 2 is 2.33 bits per heavy atom. The molecule has 0 bridgehead atoms. The number of benzene rings is 1. The number of ether oxygens (including phenoxy) is 2. The van der Waals surface area contributed by atoms with Crippen molar-refractivity contribution in [2.75, 3.05) is 13.3 Å². The van der Waals surface area contributed by atoms with Crippen molar-refractivity contribution in [2.45, 2.75) is 6.92 Å². The minimum absolute atomic E-state index is 0.235. The van der Waals surface area contributed by atoms with Crippen molar-refractivity contribution < 1.29 is 9.47 Å². The van der Waals surface area contributed by atoms with E-state index in [2.05, 4.69) is 0 Å². The van der Waals surface area contributed by atoms with Gasteiger partial charge in [-0.15, -0.1) is 0 Å². The molecular weight excluding hydrogens is 214 g/mol. The van der Waals surface area contributed by atoms with E-state index in [-0.39, 0.29) is 6.79 Å². The van der Waals surface area contributed by atoms with E-state index in [0.717, 1.165) is 11.1 Å². The number of rotatable bonds is 2. The Labute approximate surface area is 93.4 Å². The number of hydrogen-bond donors (Lipinski definition) is 1. The largest absolute Gasteiger partial charge is 0.454 e. The third-order valence-electron chi connectivity index (χ3n) is 2.32. The molecule has 0 unspecified atom stereocenters.